The van der Waals surface area contributed by atoms with E-state index in [-0.39, 0.29) is 31.0 Å². The lowest BCUT2D eigenvalue weighted by Crippen LogP contribution is -2.30. The van der Waals surface area contributed by atoms with E-state index in [0.29, 0.717) is 36.2 Å². The number of aromatic nitrogens is 2. The van der Waals surface area contributed by atoms with Crippen LogP contribution in [-0.2, 0) is 16.1 Å². The van der Waals surface area contributed by atoms with Crippen molar-refractivity contribution in [2.24, 2.45) is 5.92 Å². The summed E-state index contributed by atoms with van der Waals surface area (Å²) in [5.74, 6) is 1.97. The summed E-state index contributed by atoms with van der Waals surface area (Å²) in [6, 6.07) is 8.99. The van der Waals surface area contributed by atoms with Gasteiger partial charge in [-0.25, -0.2) is 0 Å². The number of ether oxygens (including phenoxy) is 1. The van der Waals surface area contributed by atoms with Crippen molar-refractivity contribution in [3.8, 4) is 5.75 Å². The van der Waals surface area contributed by atoms with E-state index in [0.717, 1.165) is 6.54 Å². The SMILES string of the molecule is O=C(COc1ccccc1)NCc1noc([C@@H]2CCC(=O)N2CC2CC2)n1. The third-order valence-electron chi connectivity index (χ3n) is 4.81. The van der Waals surface area contributed by atoms with Crippen LogP contribution in [0.15, 0.2) is 34.9 Å². The molecule has 1 saturated heterocycles. The molecule has 142 valence electrons. The smallest absolute Gasteiger partial charge is 0.258 e. The number of amides is 2. The fraction of sp³-hybridized carbons (Fsp3) is 0.474. The Hall–Kier alpha value is -2.90. The quantitative estimate of drug-likeness (QED) is 0.761. The van der Waals surface area contributed by atoms with Crippen molar-refractivity contribution in [1.82, 2.24) is 20.4 Å². The number of rotatable bonds is 8. The van der Waals surface area contributed by atoms with Crippen LogP contribution in [0, 0.1) is 5.92 Å². The van der Waals surface area contributed by atoms with Gasteiger partial charge in [0.25, 0.3) is 5.91 Å². The molecule has 1 aromatic carbocycles. The number of carbonyl (C=O) groups is 2. The summed E-state index contributed by atoms with van der Waals surface area (Å²) in [6.07, 6.45) is 3.58. The highest BCUT2D eigenvalue weighted by molar-refractivity contribution is 5.79. The van der Waals surface area contributed by atoms with Crippen LogP contribution in [0.2, 0.25) is 0 Å². The number of nitrogens with one attached hydrogen (secondary N) is 1. The molecule has 2 aliphatic rings. The molecule has 2 amide bonds. The van der Waals surface area contributed by atoms with Gasteiger partial charge in [0.1, 0.15) is 11.8 Å². The van der Waals surface area contributed by atoms with Crippen molar-refractivity contribution in [3.63, 3.8) is 0 Å². The second kappa shape index (κ2) is 7.77. The van der Waals surface area contributed by atoms with E-state index in [1.54, 1.807) is 12.1 Å². The van der Waals surface area contributed by atoms with Gasteiger partial charge in [0.05, 0.1) is 6.54 Å². The Bertz CT molecular complexity index is 803. The van der Waals surface area contributed by atoms with Gasteiger partial charge in [-0.15, -0.1) is 0 Å². The molecular formula is C19H22N4O4. The predicted octanol–water partition coefficient (Wildman–Crippen LogP) is 1.84. The maximum atomic E-state index is 12.1. The second-order valence-corrected chi connectivity index (χ2v) is 6.97. The van der Waals surface area contributed by atoms with Crippen molar-refractivity contribution in [2.75, 3.05) is 13.2 Å². The van der Waals surface area contributed by atoms with Crippen molar-refractivity contribution in [2.45, 2.75) is 38.3 Å². The van der Waals surface area contributed by atoms with E-state index in [1.807, 2.05) is 23.1 Å². The average molecular weight is 370 g/mol. The van der Waals surface area contributed by atoms with Crippen molar-refractivity contribution in [1.29, 1.82) is 0 Å². The molecule has 2 fully saturated rings. The van der Waals surface area contributed by atoms with E-state index in [9.17, 15) is 9.59 Å². The molecule has 2 heterocycles. The number of nitrogens with zero attached hydrogens (tertiary/aromatic N) is 3. The molecule has 1 saturated carbocycles. The van der Waals surface area contributed by atoms with Gasteiger partial charge in [-0.05, 0) is 37.3 Å². The maximum Gasteiger partial charge on any atom is 0.258 e. The Morgan fingerprint density at radius 1 is 1.26 bits per heavy atom. The molecule has 1 atom stereocenters. The summed E-state index contributed by atoms with van der Waals surface area (Å²) < 4.78 is 10.7. The number of hydrogen-bond donors (Lipinski definition) is 1. The van der Waals surface area contributed by atoms with E-state index in [2.05, 4.69) is 15.5 Å². The molecular weight excluding hydrogens is 348 g/mol. The predicted molar refractivity (Wildman–Crippen MR) is 94.5 cm³/mol. The molecule has 0 radical (unpaired) electrons. The largest absolute Gasteiger partial charge is 0.484 e. The molecule has 2 aromatic rings. The minimum Gasteiger partial charge on any atom is -0.484 e. The Labute approximate surface area is 156 Å². The summed E-state index contributed by atoms with van der Waals surface area (Å²) in [4.78, 5) is 30.2. The fourth-order valence-corrected chi connectivity index (χ4v) is 3.17. The molecule has 0 bridgehead atoms. The summed E-state index contributed by atoms with van der Waals surface area (Å²) in [7, 11) is 0. The standard InChI is InChI=1S/C19H22N4O4/c24-17(12-26-14-4-2-1-3-5-14)20-10-16-21-19(27-22-16)15-8-9-18(25)23(15)11-13-6-7-13/h1-5,13,15H,6-12H2,(H,20,24)/t15-/m0/s1. The first-order chi connectivity index (χ1) is 13.2. The molecule has 8 nitrogen and oxygen atoms in total. The molecule has 1 aliphatic heterocycles. The minimum absolute atomic E-state index is 0.0823. The molecule has 4 rings (SSSR count). The van der Waals surface area contributed by atoms with Crippen LogP contribution in [0.1, 0.15) is 43.4 Å². The Morgan fingerprint density at radius 3 is 2.85 bits per heavy atom. The van der Waals surface area contributed by atoms with Gasteiger partial charge in [0.2, 0.25) is 11.8 Å². The lowest BCUT2D eigenvalue weighted by atomic mass is 10.2. The molecule has 1 aromatic heterocycles. The van der Waals surface area contributed by atoms with Gasteiger partial charge in [-0.2, -0.15) is 4.98 Å². The Morgan fingerprint density at radius 2 is 2.07 bits per heavy atom. The Kier molecular flexibility index (Phi) is 5.04. The molecule has 1 aliphatic carbocycles. The van der Waals surface area contributed by atoms with E-state index < -0.39 is 0 Å². The van der Waals surface area contributed by atoms with Crippen LogP contribution in [0.25, 0.3) is 0 Å². The van der Waals surface area contributed by atoms with E-state index >= 15 is 0 Å². The number of para-hydroxylation sites is 1. The monoisotopic (exact) mass is 370 g/mol. The van der Waals surface area contributed by atoms with Gasteiger partial charge in [-0.1, -0.05) is 23.4 Å². The van der Waals surface area contributed by atoms with E-state index in [1.165, 1.54) is 12.8 Å². The van der Waals surface area contributed by atoms with E-state index in [4.69, 9.17) is 9.26 Å². The molecule has 0 spiro atoms. The van der Waals surface area contributed by atoms with Gasteiger partial charge in [0, 0.05) is 13.0 Å². The lowest BCUT2D eigenvalue weighted by molar-refractivity contribution is -0.129. The highest BCUT2D eigenvalue weighted by Gasteiger charge is 2.38. The van der Waals surface area contributed by atoms with Crippen LogP contribution in [0.5, 0.6) is 5.75 Å². The van der Waals surface area contributed by atoms with Crippen LogP contribution in [-0.4, -0.2) is 40.0 Å². The van der Waals surface area contributed by atoms with Gasteiger partial charge < -0.3 is 19.5 Å². The Balaban J connectivity index is 1.27. The molecule has 0 unspecified atom stereocenters. The van der Waals surface area contributed by atoms with Crippen molar-refractivity contribution >= 4 is 11.8 Å². The average Bonchev–Trinajstić information content (AvgIpc) is 3.27. The maximum absolute atomic E-state index is 12.1. The number of hydrogen-bond acceptors (Lipinski definition) is 6. The first-order valence-corrected chi connectivity index (χ1v) is 9.25. The van der Waals surface area contributed by atoms with Gasteiger partial charge in [-0.3, -0.25) is 9.59 Å². The van der Waals surface area contributed by atoms with Crippen LogP contribution >= 0.6 is 0 Å². The summed E-state index contributed by atoms with van der Waals surface area (Å²) in [5.41, 5.74) is 0. The highest BCUT2D eigenvalue weighted by atomic mass is 16.5. The lowest BCUT2D eigenvalue weighted by Gasteiger charge is -2.21. The van der Waals surface area contributed by atoms with Crippen molar-refractivity contribution < 1.29 is 18.8 Å². The number of carbonyl (C=O) groups excluding carboxylic acids is 2. The van der Waals surface area contributed by atoms with Gasteiger partial charge in [0.15, 0.2) is 12.4 Å². The topological polar surface area (TPSA) is 97.6 Å². The zero-order chi connectivity index (χ0) is 18.6. The summed E-state index contributed by atoms with van der Waals surface area (Å²) in [5, 5.41) is 6.63. The zero-order valence-corrected chi connectivity index (χ0v) is 15.0. The zero-order valence-electron chi connectivity index (χ0n) is 15.0. The highest BCUT2D eigenvalue weighted by Crippen LogP contribution is 2.37. The van der Waals surface area contributed by atoms with Crippen LogP contribution in [0.3, 0.4) is 0 Å². The molecule has 8 heteroatoms. The third kappa shape index (κ3) is 4.45. The van der Waals surface area contributed by atoms with Crippen LogP contribution < -0.4 is 10.1 Å². The van der Waals surface area contributed by atoms with Crippen molar-refractivity contribution in [3.05, 3.63) is 42.0 Å². The van der Waals surface area contributed by atoms with Gasteiger partial charge >= 0.3 is 0 Å². The number of likely N-dealkylation sites (tertiary alicyclic amines) is 1. The first kappa shape index (κ1) is 17.5. The normalized spacial score (nSPS) is 19.3. The third-order valence-corrected chi connectivity index (χ3v) is 4.81. The minimum atomic E-state index is -0.267. The number of benzene rings is 1. The summed E-state index contributed by atoms with van der Waals surface area (Å²) >= 11 is 0. The second-order valence-electron chi connectivity index (χ2n) is 6.97. The van der Waals surface area contributed by atoms with Crippen LogP contribution in [0.4, 0.5) is 0 Å². The summed E-state index contributed by atoms with van der Waals surface area (Å²) in [6.45, 7) is 0.847. The molecule has 27 heavy (non-hydrogen) atoms. The first-order valence-electron chi connectivity index (χ1n) is 9.25. The molecule has 1 N–H and O–H groups in total. The fourth-order valence-electron chi connectivity index (χ4n) is 3.17.